The first-order valence-electron chi connectivity index (χ1n) is 4.69. The average molecular weight is 227 g/mol. The van der Waals surface area contributed by atoms with Crippen molar-refractivity contribution in [3.8, 4) is 0 Å². The predicted molar refractivity (Wildman–Crippen MR) is 57.0 cm³/mol. The Hall–Kier alpha value is -1.14. The van der Waals surface area contributed by atoms with Crippen LogP contribution in [0.4, 0.5) is 5.69 Å². The lowest BCUT2D eigenvalue weighted by atomic mass is 10.4. The van der Waals surface area contributed by atoms with Gasteiger partial charge in [0, 0.05) is 19.3 Å². The van der Waals surface area contributed by atoms with Gasteiger partial charge in [-0.25, -0.2) is 13.6 Å². The van der Waals surface area contributed by atoms with Crippen molar-refractivity contribution in [1.29, 1.82) is 0 Å². The lowest BCUT2D eigenvalue weighted by molar-refractivity contribution is 0.597. The highest BCUT2D eigenvalue weighted by Crippen LogP contribution is 2.30. The van der Waals surface area contributed by atoms with Crippen molar-refractivity contribution in [2.24, 2.45) is 5.14 Å². The molecule has 1 aromatic heterocycles. The van der Waals surface area contributed by atoms with Gasteiger partial charge >= 0.3 is 0 Å². The molecule has 0 aromatic carbocycles. The SMILES string of the molecule is CN(c1cncc(S(N)(=O)=O)c1)C1CC1. The highest BCUT2D eigenvalue weighted by molar-refractivity contribution is 7.89. The molecule has 2 N–H and O–H groups in total. The zero-order valence-electron chi connectivity index (χ0n) is 8.42. The molecule has 15 heavy (non-hydrogen) atoms. The molecule has 0 atom stereocenters. The van der Waals surface area contributed by atoms with E-state index in [1.54, 1.807) is 12.3 Å². The van der Waals surface area contributed by atoms with Crippen LogP contribution in [0, 0.1) is 0 Å². The van der Waals surface area contributed by atoms with Crippen molar-refractivity contribution in [1.82, 2.24) is 4.98 Å². The van der Waals surface area contributed by atoms with Gasteiger partial charge in [0.15, 0.2) is 0 Å². The zero-order chi connectivity index (χ0) is 11.1. The van der Waals surface area contributed by atoms with E-state index < -0.39 is 10.0 Å². The highest BCUT2D eigenvalue weighted by Gasteiger charge is 2.27. The highest BCUT2D eigenvalue weighted by atomic mass is 32.2. The van der Waals surface area contributed by atoms with Gasteiger partial charge in [0.05, 0.1) is 11.9 Å². The van der Waals surface area contributed by atoms with E-state index in [4.69, 9.17) is 5.14 Å². The first-order chi connectivity index (χ1) is 6.98. The largest absolute Gasteiger partial charge is 0.370 e. The molecule has 1 aliphatic rings. The lowest BCUT2D eigenvalue weighted by Crippen LogP contribution is -2.20. The van der Waals surface area contributed by atoms with E-state index in [0.29, 0.717) is 6.04 Å². The molecule has 1 aromatic rings. The Morgan fingerprint density at radius 3 is 2.67 bits per heavy atom. The molecule has 0 unspecified atom stereocenters. The summed E-state index contributed by atoms with van der Waals surface area (Å²) in [7, 11) is -1.72. The fourth-order valence-corrected chi connectivity index (χ4v) is 1.92. The quantitative estimate of drug-likeness (QED) is 0.807. The van der Waals surface area contributed by atoms with Crippen molar-refractivity contribution in [3.05, 3.63) is 18.5 Å². The summed E-state index contributed by atoms with van der Waals surface area (Å²) in [6, 6.07) is 2.07. The fourth-order valence-electron chi connectivity index (χ4n) is 1.43. The van der Waals surface area contributed by atoms with Gasteiger partial charge < -0.3 is 4.90 Å². The molecule has 1 aliphatic carbocycles. The summed E-state index contributed by atoms with van der Waals surface area (Å²) in [5.41, 5.74) is 0.795. The van der Waals surface area contributed by atoms with Gasteiger partial charge in [-0.1, -0.05) is 0 Å². The van der Waals surface area contributed by atoms with E-state index in [1.807, 2.05) is 11.9 Å². The summed E-state index contributed by atoms with van der Waals surface area (Å²) in [4.78, 5) is 5.97. The van der Waals surface area contributed by atoms with Crippen LogP contribution in [0.1, 0.15) is 12.8 Å². The summed E-state index contributed by atoms with van der Waals surface area (Å²) in [5, 5.41) is 5.03. The molecular formula is C9H13N3O2S. The van der Waals surface area contributed by atoms with Crippen LogP contribution in [0.15, 0.2) is 23.4 Å². The normalized spacial score (nSPS) is 16.4. The van der Waals surface area contributed by atoms with Gasteiger partial charge in [-0.3, -0.25) is 4.98 Å². The second kappa shape index (κ2) is 3.46. The maximum absolute atomic E-state index is 11.1. The van der Waals surface area contributed by atoms with Gasteiger partial charge in [-0.15, -0.1) is 0 Å². The molecule has 0 radical (unpaired) electrons. The van der Waals surface area contributed by atoms with E-state index in [1.165, 1.54) is 6.20 Å². The van der Waals surface area contributed by atoms with Crippen molar-refractivity contribution >= 4 is 15.7 Å². The Balaban J connectivity index is 2.33. The monoisotopic (exact) mass is 227 g/mol. The van der Waals surface area contributed by atoms with Gasteiger partial charge in [-0.05, 0) is 18.9 Å². The van der Waals surface area contributed by atoms with Crippen LogP contribution in [0.25, 0.3) is 0 Å². The van der Waals surface area contributed by atoms with Crippen LogP contribution in [0.5, 0.6) is 0 Å². The van der Waals surface area contributed by atoms with Crippen LogP contribution in [-0.2, 0) is 10.0 Å². The Morgan fingerprint density at radius 1 is 1.47 bits per heavy atom. The molecule has 82 valence electrons. The van der Waals surface area contributed by atoms with Crippen LogP contribution >= 0.6 is 0 Å². The second-order valence-corrected chi connectivity index (χ2v) is 5.33. The number of rotatable bonds is 3. The summed E-state index contributed by atoms with van der Waals surface area (Å²) in [5.74, 6) is 0. The minimum Gasteiger partial charge on any atom is -0.370 e. The molecule has 6 heteroatoms. The van der Waals surface area contributed by atoms with E-state index in [9.17, 15) is 8.42 Å². The summed E-state index contributed by atoms with van der Waals surface area (Å²) < 4.78 is 22.2. The Kier molecular flexibility index (Phi) is 2.40. The van der Waals surface area contributed by atoms with Crippen molar-refractivity contribution in [3.63, 3.8) is 0 Å². The van der Waals surface area contributed by atoms with E-state index in [2.05, 4.69) is 4.98 Å². The number of sulfonamides is 1. The summed E-state index contributed by atoms with van der Waals surface area (Å²) in [6.07, 6.45) is 5.21. The first kappa shape index (κ1) is 10.4. The maximum atomic E-state index is 11.1. The van der Waals surface area contributed by atoms with E-state index >= 15 is 0 Å². The number of nitrogens with zero attached hydrogens (tertiary/aromatic N) is 2. The molecule has 0 bridgehead atoms. The smallest absolute Gasteiger partial charge is 0.239 e. The molecule has 2 rings (SSSR count). The Bertz CT molecular complexity index is 468. The van der Waals surface area contributed by atoms with Crippen LogP contribution in [0.3, 0.4) is 0 Å². The van der Waals surface area contributed by atoms with Crippen molar-refractivity contribution in [2.45, 2.75) is 23.8 Å². The minimum absolute atomic E-state index is 0.0625. The third-order valence-corrected chi connectivity index (χ3v) is 3.41. The summed E-state index contributed by atoms with van der Waals surface area (Å²) >= 11 is 0. The van der Waals surface area contributed by atoms with Crippen LogP contribution < -0.4 is 10.0 Å². The molecule has 0 aliphatic heterocycles. The van der Waals surface area contributed by atoms with E-state index in [-0.39, 0.29) is 4.90 Å². The second-order valence-electron chi connectivity index (χ2n) is 3.77. The molecule has 0 saturated heterocycles. The third kappa shape index (κ3) is 2.27. The predicted octanol–water partition coefficient (Wildman–Crippen LogP) is 0.328. The van der Waals surface area contributed by atoms with Gasteiger partial charge in [0.25, 0.3) is 0 Å². The molecule has 1 heterocycles. The fraction of sp³-hybridized carbons (Fsp3) is 0.444. The maximum Gasteiger partial charge on any atom is 0.239 e. The first-order valence-corrected chi connectivity index (χ1v) is 6.24. The van der Waals surface area contributed by atoms with Crippen molar-refractivity contribution in [2.75, 3.05) is 11.9 Å². The van der Waals surface area contributed by atoms with Crippen LogP contribution in [0.2, 0.25) is 0 Å². The van der Waals surface area contributed by atoms with Crippen molar-refractivity contribution < 1.29 is 8.42 Å². The van der Waals surface area contributed by atoms with Crippen LogP contribution in [-0.4, -0.2) is 26.5 Å². The third-order valence-electron chi connectivity index (χ3n) is 2.53. The molecule has 1 fully saturated rings. The summed E-state index contributed by atoms with van der Waals surface area (Å²) in [6.45, 7) is 0. The molecule has 0 amide bonds. The van der Waals surface area contributed by atoms with Gasteiger partial charge in [0.2, 0.25) is 10.0 Å². The molecule has 5 nitrogen and oxygen atoms in total. The number of primary sulfonamides is 1. The molecule has 1 saturated carbocycles. The zero-order valence-corrected chi connectivity index (χ0v) is 9.24. The van der Waals surface area contributed by atoms with E-state index in [0.717, 1.165) is 18.5 Å². The Morgan fingerprint density at radius 2 is 2.13 bits per heavy atom. The minimum atomic E-state index is -3.65. The molecule has 0 spiro atoms. The number of hydrogen-bond acceptors (Lipinski definition) is 4. The lowest BCUT2D eigenvalue weighted by Gasteiger charge is -2.18. The molecular weight excluding hydrogens is 214 g/mol. The van der Waals surface area contributed by atoms with Gasteiger partial charge in [0.1, 0.15) is 4.90 Å². The number of pyridine rings is 1. The standard InChI is InChI=1S/C9H13N3O2S/c1-12(7-2-3-7)8-4-9(6-11-5-8)15(10,13)14/h4-7H,2-3H2,1H3,(H2,10,13,14). The van der Waals surface area contributed by atoms with Gasteiger partial charge in [-0.2, -0.15) is 0 Å². The number of aromatic nitrogens is 1. The average Bonchev–Trinajstić information content (AvgIpc) is 2.99. The Labute approximate surface area is 89.0 Å². The number of nitrogens with two attached hydrogens (primary N) is 1. The number of anilines is 1. The number of hydrogen-bond donors (Lipinski definition) is 1. The topological polar surface area (TPSA) is 76.3 Å².